The van der Waals surface area contributed by atoms with Crippen molar-refractivity contribution >= 4 is 5.97 Å². The second kappa shape index (κ2) is 12.2. The number of ether oxygens (including phenoxy) is 3. The summed E-state index contributed by atoms with van der Waals surface area (Å²) in [6.45, 7) is 5.43. The Kier molecular flexibility index (Phi) is 8.82. The smallest absolute Gasteiger partial charge is 0.303 e. The molecule has 196 valence electrons. The van der Waals surface area contributed by atoms with Crippen molar-refractivity contribution in [2.24, 2.45) is 11.8 Å². The van der Waals surface area contributed by atoms with Crippen LogP contribution < -0.4 is 9.47 Å². The first-order valence-corrected chi connectivity index (χ1v) is 12.8. The average Bonchev–Trinajstić information content (AvgIpc) is 3.72. The number of aliphatic carboxylic acids is 1. The van der Waals surface area contributed by atoms with Crippen molar-refractivity contribution in [3.63, 3.8) is 0 Å². The van der Waals surface area contributed by atoms with Crippen LogP contribution in [0.4, 0.5) is 4.39 Å². The molecule has 3 aromatic rings. The van der Waals surface area contributed by atoms with Crippen molar-refractivity contribution in [3.8, 4) is 22.6 Å². The summed E-state index contributed by atoms with van der Waals surface area (Å²) in [6.07, 6.45) is 2.32. The second-order valence-electron chi connectivity index (χ2n) is 10.1. The van der Waals surface area contributed by atoms with Crippen LogP contribution in [0.25, 0.3) is 11.1 Å². The summed E-state index contributed by atoms with van der Waals surface area (Å²) in [5.41, 5.74) is 4.04. The molecule has 1 atom stereocenters. The van der Waals surface area contributed by atoms with E-state index in [2.05, 4.69) is 19.9 Å². The third-order valence-corrected chi connectivity index (χ3v) is 6.62. The van der Waals surface area contributed by atoms with Gasteiger partial charge in [-0.05, 0) is 83.2 Å². The van der Waals surface area contributed by atoms with Crippen LogP contribution in [0.1, 0.15) is 55.7 Å². The summed E-state index contributed by atoms with van der Waals surface area (Å²) in [5.74, 6) is 1.01. The average molecular weight is 507 g/mol. The van der Waals surface area contributed by atoms with E-state index in [0.717, 1.165) is 35.1 Å². The monoisotopic (exact) mass is 506 g/mol. The normalized spacial score (nSPS) is 14.0. The summed E-state index contributed by atoms with van der Waals surface area (Å²) in [6, 6.07) is 18.3. The molecule has 1 fully saturated rings. The Morgan fingerprint density at radius 2 is 1.78 bits per heavy atom. The first-order chi connectivity index (χ1) is 17.8. The van der Waals surface area contributed by atoms with Crippen LogP contribution in [-0.4, -0.2) is 24.8 Å². The van der Waals surface area contributed by atoms with Crippen molar-refractivity contribution in [2.75, 3.05) is 13.7 Å². The minimum absolute atomic E-state index is 0.0409. The Balaban J connectivity index is 1.54. The molecule has 0 heterocycles. The molecule has 1 N–H and O–H groups in total. The van der Waals surface area contributed by atoms with Gasteiger partial charge in [-0.3, -0.25) is 4.79 Å². The second-order valence-corrected chi connectivity index (χ2v) is 10.1. The van der Waals surface area contributed by atoms with Gasteiger partial charge in [0.05, 0.1) is 20.1 Å². The van der Waals surface area contributed by atoms with Gasteiger partial charge in [-0.15, -0.1) is 0 Å². The molecular formula is C31H35FO5. The zero-order chi connectivity index (χ0) is 26.4. The summed E-state index contributed by atoms with van der Waals surface area (Å²) >= 11 is 0. The highest BCUT2D eigenvalue weighted by Gasteiger charge is 2.33. The van der Waals surface area contributed by atoms with Gasteiger partial charge in [0, 0.05) is 12.2 Å². The Bertz CT molecular complexity index is 1220. The molecule has 0 amide bonds. The van der Waals surface area contributed by atoms with E-state index in [4.69, 9.17) is 14.2 Å². The molecule has 0 aliphatic heterocycles. The fourth-order valence-electron chi connectivity index (χ4n) is 4.61. The lowest BCUT2D eigenvalue weighted by atomic mass is 9.90. The Labute approximate surface area is 218 Å². The lowest BCUT2D eigenvalue weighted by Gasteiger charge is -2.17. The minimum atomic E-state index is -0.765. The van der Waals surface area contributed by atoms with E-state index in [1.165, 1.54) is 6.07 Å². The van der Waals surface area contributed by atoms with E-state index >= 15 is 0 Å². The molecule has 1 unspecified atom stereocenters. The van der Waals surface area contributed by atoms with E-state index in [9.17, 15) is 14.3 Å². The molecule has 5 nitrogen and oxygen atoms in total. The maximum atomic E-state index is 14.8. The van der Waals surface area contributed by atoms with Crippen LogP contribution in [0.2, 0.25) is 0 Å². The number of halogens is 1. The van der Waals surface area contributed by atoms with Gasteiger partial charge in [0.15, 0.2) is 0 Å². The first kappa shape index (κ1) is 26.7. The summed E-state index contributed by atoms with van der Waals surface area (Å²) < 4.78 is 32.1. The molecular weight excluding hydrogens is 471 g/mol. The standard InChI is InChI=1S/C31H35FO5/c1-20(2)17-36-19-24-14-26(9-11-27(24)29-15-25(35-3)10-12-30(29)32)37-18-21-5-4-6-23(13-21)28(16-31(33)34)22-7-8-22/h4-6,9-15,20,22,28H,7-8,16-19H2,1-3H3,(H,33,34). The maximum Gasteiger partial charge on any atom is 0.303 e. The lowest BCUT2D eigenvalue weighted by molar-refractivity contribution is -0.137. The molecule has 1 aliphatic rings. The predicted octanol–water partition coefficient (Wildman–Crippen LogP) is 7.22. The molecule has 37 heavy (non-hydrogen) atoms. The van der Waals surface area contributed by atoms with E-state index in [0.29, 0.717) is 48.7 Å². The fourth-order valence-corrected chi connectivity index (χ4v) is 4.61. The van der Waals surface area contributed by atoms with Crippen molar-refractivity contribution in [3.05, 3.63) is 83.2 Å². The van der Waals surface area contributed by atoms with Gasteiger partial charge >= 0.3 is 5.97 Å². The molecule has 0 bridgehead atoms. The van der Waals surface area contributed by atoms with Crippen molar-refractivity contribution in [2.45, 2.75) is 52.2 Å². The number of carboxylic acid groups (broad SMARTS) is 1. The van der Waals surface area contributed by atoms with Gasteiger partial charge in [0.25, 0.3) is 0 Å². The number of rotatable bonds is 13. The zero-order valence-electron chi connectivity index (χ0n) is 21.7. The molecule has 0 radical (unpaired) electrons. The topological polar surface area (TPSA) is 65.0 Å². The molecule has 1 saturated carbocycles. The van der Waals surface area contributed by atoms with E-state index < -0.39 is 5.97 Å². The minimum Gasteiger partial charge on any atom is -0.497 e. The molecule has 0 spiro atoms. The number of carbonyl (C=O) groups is 1. The summed E-state index contributed by atoms with van der Waals surface area (Å²) in [7, 11) is 1.56. The Hall–Kier alpha value is -3.38. The van der Waals surface area contributed by atoms with Crippen molar-refractivity contribution < 1.29 is 28.5 Å². The molecule has 3 aromatic carbocycles. The van der Waals surface area contributed by atoms with Crippen LogP contribution in [0.15, 0.2) is 60.7 Å². The zero-order valence-corrected chi connectivity index (χ0v) is 21.7. The van der Waals surface area contributed by atoms with E-state index in [1.807, 2.05) is 36.4 Å². The number of benzene rings is 3. The highest BCUT2D eigenvalue weighted by molar-refractivity contribution is 5.70. The fraction of sp³-hybridized carbons (Fsp3) is 0.387. The summed E-state index contributed by atoms with van der Waals surface area (Å²) in [5, 5.41) is 9.35. The predicted molar refractivity (Wildman–Crippen MR) is 141 cm³/mol. The largest absolute Gasteiger partial charge is 0.497 e. The van der Waals surface area contributed by atoms with Gasteiger partial charge in [0.2, 0.25) is 0 Å². The number of carboxylic acids is 1. The van der Waals surface area contributed by atoms with Crippen LogP contribution >= 0.6 is 0 Å². The molecule has 0 aromatic heterocycles. The first-order valence-electron chi connectivity index (χ1n) is 12.8. The maximum absolute atomic E-state index is 14.8. The SMILES string of the molecule is COc1ccc(F)c(-c2ccc(OCc3cccc(C(CC(=O)O)C4CC4)c3)cc2COCC(C)C)c1. The Morgan fingerprint density at radius 1 is 1.00 bits per heavy atom. The molecule has 1 aliphatic carbocycles. The van der Waals surface area contributed by atoms with Gasteiger partial charge in [0.1, 0.15) is 23.9 Å². The van der Waals surface area contributed by atoms with Crippen LogP contribution in [0, 0.1) is 17.7 Å². The van der Waals surface area contributed by atoms with E-state index in [-0.39, 0.29) is 18.2 Å². The van der Waals surface area contributed by atoms with Crippen molar-refractivity contribution in [1.82, 2.24) is 0 Å². The third-order valence-electron chi connectivity index (χ3n) is 6.62. The molecule has 4 rings (SSSR count). The van der Waals surface area contributed by atoms with Gasteiger partial charge < -0.3 is 19.3 Å². The van der Waals surface area contributed by atoms with Crippen LogP contribution in [0.3, 0.4) is 0 Å². The number of hydrogen-bond acceptors (Lipinski definition) is 4. The van der Waals surface area contributed by atoms with Gasteiger partial charge in [-0.1, -0.05) is 44.2 Å². The summed E-state index contributed by atoms with van der Waals surface area (Å²) in [4.78, 5) is 11.4. The van der Waals surface area contributed by atoms with Crippen molar-refractivity contribution in [1.29, 1.82) is 0 Å². The van der Waals surface area contributed by atoms with Gasteiger partial charge in [-0.25, -0.2) is 4.39 Å². The Morgan fingerprint density at radius 3 is 2.49 bits per heavy atom. The quantitative estimate of drug-likeness (QED) is 0.265. The van der Waals surface area contributed by atoms with Crippen LogP contribution in [0.5, 0.6) is 11.5 Å². The van der Waals surface area contributed by atoms with Crippen LogP contribution in [-0.2, 0) is 22.7 Å². The molecule has 0 saturated heterocycles. The lowest BCUT2D eigenvalue weighted by Crippen LogP contribution is -2.09. The molecule has 6 heteroatoms. The third kappa shape index (κ3) is 7.32. The number of hydrogen-bond donors (Lipinski definition) is 1. The number of methoxy groups -OCH3 is 1. The van der Waals surface area contributed by atoms with E-state index in [1.54, 1.807) is 19.2 Å². The van der Waals surface area contributed by atoms with Gasteiger partial charge in [-0.2, -0.15) is 0 Å². The highest BCUT2D eigenvalue weighted by Crippen LogP contribution is 2.44. The highest BCUT2D eigenvalue weighted by atomic mass is 19.1.